The molecule has 0 saturated heterocycles. The van der Waals surface area contributed by atoms with Gasteiger partial charge in [-0.1, -0.05) is 42.0 Å². The van der Waals surface area contributed by atoms with Gasteiger partial charge in [-0.2, -0.15) is 0 Å². The number of aryl methyl sites for hydroxylation is 1. The first-order valence-electron chi connectivity index (χ1n) is 7.67. The quantitative estimate of drug-likeness (QED) is 0.788. The van der Waals surface area contributed by atoms with Crippen molar-refractivity contribution in [1.29, 1.82) is 0 Å². The van der Waals surface area contributed by atoms with Crippen LogP contribution in [0.5, 0.6) is 0 Å². The molecule has 1 N–H and O–H groups in total. The molecule has 0 spiro atoms. The number of fused-ring (bicyclic) bond motifs is 1. The number of hydrogen-bond donors (Lipinski definition) is 1. The molecule has 0 fully saturated rings. The molecule has 0 aliphatic heterocycles. The Labute approximate surface area is 135 Å². The molecule has 1 aromatic heterocycles. The Kier molecular flexibility index (Phi) is 4.01. The third kappa shape index (κ3) is 3.32. The lowest BCUT2D eigenvalue weighted by atomic mass is 9.94. The van der Waals surface area contributed by atoms with Gasteiger partial charge in [-0.15, -0.1) is 0 Å². The number of nitrogens with zero attached hydrogens (tertiary/aromatic N) is 2. The summed E-state index contributed by atoms with van der Waals surface area (Å²) in [6.07, 6.45) is 1.89. The Bertz CT molecular complexity index is 832. The highest BCUT2D eigenvalue weighted by molar-refractivity contribution is 5.88. The van der Waals surface area contributed by atoms with Crippen molar-refractivity contribution in [3.63, 3.8) is 0 Å². The van der Waals surface area contributed by atoms with Crippen molar-refractivity contribution in [3.05, 3.63) is 66.0 Å². The van der Waals surface area contributed by atoms with Crippen molar-refractivity contribution in [1.82, 2.24) is 9.55 Å². The largest absolute Gasteiger partial charge is 0.380 e. The van der Waals surface area contributed by atoms with Gasteiger partial charge >= 0.3 is 0 Å². The van der Waals surface area contributed by atoms with E-state index < -0.39 is 5.60 Å². The smallest absolute Gasteiger partial charge is 0.170 e. The maximum Gasteiger partial charge on any atom is 0.170 e. The highest BCUT2D eigenvalue weighted by atomic mass is 16.3. The summed E-state index contributed by atoms with van der Waals surface area (Å²) in [6, 6.07) is 15.5. The van der Waals surface area contributed by atoms with Gasteiger partial charge in [-0.3, -0.25) is 4.79 Å². The maximum absolute atomic E-state index is 12.5. The van der Waals surface area contributed by atoms with Gasteiger partial charge in [0.1, 0.15) is 5.60 Å². The number of hydrogen-bond acceptors (Lipinski definition) is 3. The molecule has 3 aromatic rings. The molecule has 0 amide bonds. The summed E-state index contributed by atoms with van der Waals surface area (Å²) in [6.45, 7) is 3.77. The number of benzene rings is 2. The van der Waals surface area contributed by atoms with E-state index in [4.69, 9.17) is 0 Å². The van der Waals surface area contributed by atoms with Crippen molar-refractivity contribution < 1.29 is 9.90 Å². The van der Waals surface area contributed by atoms with Crippen molar-refractivity contribution >= 4 is 16.8 Å². The van der Waals surface area contributed by atoms with Gasteiger partial charge in [0.2, 0.25) is 0 Å². The van der Waals surface area contributed by atoms with Crippen LogP contribution in [0.1, 0.15) is 18.1 Å². The standard InChI is InChI=1S/C19H20N2O2/c1-14-7-9-15(10-8-14)11-18(22)19(2,23)12-21-13-20-16-5-3-4-6-17(16)21/h3-10,13,23H,11-12H2,1-2H3/t19-/m0/s1. The van der Waals surface area contributed by atoms with Crippen LogP contribution in [0, 0.1) is 6.92 Å². The first-order chi connectivity index (χ1) is 11.0. The normalized spacial score (nSPS) is 13.9. The number of carbonyl (C=O) groups excluding carboxylic acids is 1. The second-order valence-electron chi connectivity index (χ2n) is 6.22. The van der Waals surface area contributed by atoms with Crippen molar-refractivity contribution in [2.24, 2.45) is 0 Å². The lowest BCUT2D eigenvalue weighted by Crippen LogP contribution is -2.40. The van der Waals surface area contributed by atoms with Crippen LogP contribution in [0.3, 0.4) is 0 Å². The van der Waals surface area contributed by atoms with Gasteiger partial charge in [0, 0.05) is 6.42 Å². The van der Waals surface area contributed by atoms with Crippen LogP contribution >= 0.6 is 0 Å². The van der Waals surface area contributed by atoms with E-state index in [0.29, 0.717) is 0 Å². The molecule has 0 aliphatic rings. The molecular weight excluding hydrogens is 288 g/mol. The number of imidazole rings is 1. The van der Waals surface area contributed by atoms with E-state index >= 15 is 0 Å². The zero-order chi connectivity index (χ0) is 16.4. The lowest BCUT2D eigenvalue weighted by Gasteiger charge is -2.22. The van der Waals surface area contributed by atoms with E-state index in [-0.39, 0.29) is 18.7 Å². The Hall–Kier alpha value is -2.46. The summed E-state index contributed by atoms with van der Waals surface area (Å²) in [5.74, 6) is -0.195. The Morgan fingerprint density at radius 3 is 2.61 bits per heavy atom. The summed E-state index contributed by atoms with van der Waals surface area (Å²) in [4.78, 5) is 16.8. The molecule has 4 heteroatoms. The maximum atomic E-state index is 12.5. The number of ketones is 1. The number of aliphatic hydroxyl groups is 1. The van der Waals surface area contributed by atoms with Gasteiger partial charge in [0.05, 0.1) is 23.9 Å². The van der Waals surface area contributed by atoms with E-state index in [1.807, 2.05) is 60.0 Å². The molecule has 0 bridgehead atoms. The van der Waals surface area contributed by atoms with Gasteiger partial charge in [0.25, 0.3) is 0 Å². The fourth-order valence-electron chi connectivity index (χ4n) is 2.64. The summed E-state index contributed by atoms with van der Waals surface area (Å²) in [7, 11) is 0. The SMILES string of the molecule is Cc1ccc(CC(=O)[C@@](C)(O)Cn2cnc3ccccc32)cc1. The van der Waals surface area contributed by atoms with Crippen LogP contribution in [-0.4, -0.2) is 26.0 Å². The van der Waals surface area contributed by atoms with Crippen LogP contribution in [0.4, 0.5) is 0 Å². The number of rotatable bonds is 5. The second kappa shape index (κ2) is 5.97. The lowest BCUT2D eigenvalue weighted by molar-refractivity contribution is -0.136. The second-order valence-corrected chi connectivity index (χ2v) is 6.22. The monoisotopic (exact) mass is 308 g/mol. The third-order valence-electron chi connectivity index (χ3n) is 4.09. The zero-order valence-corrected chi connectivity index (χ0v) is 13.4. The number of Topliss-reactive ketones (excluding diaryl/α,β-unsaturated/α-hetero) is 1. The zero-order valence-electron chi connectivity index (χ0n) is 13.4. The van der Waals surface area contributed by atoms with E-state index in [2.05, 4.69) is 4.98 Å². The number of aromatic nitrogens is 2. The highest BCUT2D eigenvalue weighted by Crippen LogP contribution is 2.18. The minimum absolute atomic E-state index is 0.193. The molecule has 23 heavy (non-hydrogen) atoms. The molecule has 118 valence electrons. The molecule has 4 nitrogen and oxygen atoms in total. The van der Waals surface area contributed by atoms with Crippen LogP contribution in [0.15, 0.2) is 54.9 Å². The molecule has 3 rings (SSSR count). The molecular formula is C19H20N2O2. The summed E-state index contributed by atoms with van der Waals surface area (Å²) in [5, 5.41) is 10.6. The van der Waals surface area contributed by atoms with E-state index in [1.54, 1.807) is 13.3 Å². The van der Waals surface area contributed by atoms with E-state index in [9.17, 15) is 9.90 Å². The fraction of sp³-hybridized carbons (Fsp3) is 0.263. The predicted molar refractivity (Wildman–Crippen MR) is 90.2 cm³/mol. The first kappa shape index (κ1) is 15.4. The van der Waals surface area contributed by atoms with Crippen LogP contribution in [0.25, 0.3) is 11.0 Å². The molecule has 0 saturated carbocycles. The summed E-state index contributed by atoms with van der Waals surface area (Å²) < 4.78 is 1.82. The molecule has 0 unspecified atom stereocenters. The topological polar surface area (TPSA) is 55.1 Å². The number of carbonyl (C=O) groups is 1. The highest BCUT2D eigenvalue weighted by Gasteiger charge is 2.30. The van der Waals surface area contributed by atoms with Gasteiger partial charge in [-0.05, 0) is 31.5 Å². The Balaban J connectivity index is 1.77. The number of para-hydroxylation sites is 2. The van der Waals surface area contributed by atoms with Gasteiger partial charge in [0.15, 0.2) is 5.78 Å². The predicted octanol–water partition coefficient (Wildman–Crippen LogP) is 2.91. The van der Waals surface area contributed by atoms with Gasteiger partial charge in [-0.25, -0.2) is 4.98 Å². The van der Waals surface area contributed by atoms with E-state index in [1.165, 1.54) is 0 Å². The summed E-state index contributed by atoms with van der Waals surface area (Å²) >= 11 is 0. The van der Waals surface area contributed by atoms with E-state index in [0.717, 1.165) is 22.2 Å². The molecule has 0 radical (unpaired) electrons. The van der Waals surface area contributed by atoms with Crippen LogP contribution in [-0.2, 0) is 17.8 Å². The van der Waals surface area contributed by atoms with Crippen LogP contribution < -0.4 is 0 Å². The molecule has 2 aromatic carbocycles. The molecule has 1 atom stereocenters. The minimum Gasteiger partial charge on any atom is -0.380 e. The average Bonchev–Trinajstić information content (AvgIpc) is 2.92. The van der Waals surface area contributed by atoms with Crippen molar-refractivity contribution in [3.8, 4) is 0 Å². The average molecular weight is 308 g/mol. The minimum atomic E-state index is -1.44. The fourth-order valence-corrected chi connectivity index (χ4v) is 2.64. The van der Waals surface area contributed by atoms with Crippen molar-refractivity contribution in [2.45, 2.75) is 32.4 Å². The summed E-state index contributed by atoms with van der Waals surface area (Å²) in [5.41, 5.74) is 2.40. The van der Waals surface area contributed by atoms with Crippen LogP contribution in [0.2, 0.25) is 0 Å². The third-order valence-corrected chi connectivity index (χ3v) is 4.09. The molecule has 1 heterocycles. The van der Waals surface area contributed by atoms with Gasteiger partial charge < -0.3 is 9.67 Å². The Morgan fingerprint density at radius 1 is 1.17 bits per heavy atom. The first-order valence-corrected chi connectivity index (χ1v) is 7.67. The Morgan fingerprint density at radius 2 is 1.87 bits per heavy atom. The van der Waals surface area contributed by atoms with Crippen molar-refractivity contribution in [2.75, 3.05) is 0 Å². The molecule has 0 aliphatic carbocycles.